The van der Waals surface area contributed by atoms with E-state index in [0.717, 1.165) is 19.4 Å². The van der Waals surface area contributed by atoms with Gasteiger partial charge in [0.15, 0.2) is 0 Å². The zero-order valence-electron chi connectivity index (χ0n) is 13.7. The summed E-state index contributed by atoms with van der Waals surface area (Å²) in [6.45, 7) is 4.17. The van der Waals surface area contributed by atoms with Crippen molar-refractivity contribution in [2.75, 3.05) is 31.6 Å². The smallest absolute Gasteiger partial charge is 0.270 e. The minimum Gasteiger partial charge on any atom is -0.346 e. The summed E-state index contributed by atoms with van der Waals surface area (Å²) in [5.41, 5.74) is 0.414. The number of likely N-dealkylation sites (tertiary alicyclic amines) is 1. The molecule has 1 amide bonds. The van der Waals surface area contributed by atoms with Crippen molar-refractivity contribution < 1.29 is 13.2 Å². The van der Waals surface area contributed by atoms with Crippen molar-refractivity contribution in [1.82, 2.24) is 15.2 Å². The number of aromatic nitrogens is 1. The van der Waals surface area contributed by atoms with E-state index in [1.165, 1.54) is 6.26 Å². The molecular formula is C16H25N3O3S. The van der Waals surface area contributed by atoms with Crippen LogP contribution in [-0.2, 0) is 9.84 Å². The Labute approximate surface area is 138 Å². The molecule has 7 heteroatoms. The van der Waals surface area contributed by atoms with Gasteiger partial charge < -0.3 is 5.32 Å². The second-order valence-electron chi connectivity index (χ2n) is 6.23. The van der Waals surface area contributed by atoms with Crippen LogP contribution in [0.2, 0.25) is 0 Å². The average Bonchev–Trinajstić information content (AvgIpc) is 2.88. The maximum atomic E-state index is 12.3. The summed E-state index contributed by atoms with van der Waals surface area (Å²) in [6, 6.07) is 5.31. The van der Waals surface area contributed by atoms with Crippen molar-refractivity contribution >= 4 is 15.7 Å². The first-order valence-corrected chi connectivity index (χ1v) is 10.1. The number of hydrogen-bond acceptors (Lipinski definition) is 5. The van der Waals surface area contributed by atoms with Crippen molar-refractivity contribution in [3.63, 3.8) is 0 Å². The molecule has 1 fully saturated rings. The highest BCUT2D eigenvalue weighted by atomic mass is 32.2. The van der Waals surface area contributed by atoms with Crippen LogP contribution in [0, 0.1) is 5.92 Å². The summed E-state index contributed by atoms with van der Waals surface area (Å²) in [4.78, 5) is 18.5. The van der Waals surface area contributed by atoms with Crippen LogP contribution in [-0.4, -0.2) is 61.9 Å². The van der Waals surface area contributed by atoms with E-state index in [1.807, 2.05) is 0 Å². The molecular weight excluding hydrogens is 314 g/mol. The number of nitrogens with one attached hydrogen (secondary N) is 1. The number of carbonyl (C=O) groups is 1. The molecule has 0 radical (unpaired) electrons. The highest BCUT2D eigenvalue weighted by Crippen LogP contribution is 2.22. The van der Waals surface area contributed by atoms with Crippen LogP contribution in [0.5, 0.6) is 0 Å². The Kier molecular flexibility index (Phi) is 6.12. The molecule has 2 rings (SSSR count). The molecule has 1 aromatic heterocycles. The van der Waals surface area contributed by atoms with E-state index in [0.29, 0.717) is 24.7 Å². The molecule has 2 heterocycles. The van der Waals surface area contributed by atoms with Gasteiger partial charge in [0.1, 0.15) is 15.5 Å². The molecule has 0 aliphatic carbocycles. The van der Waals surface area contributed by atoms with Gasteiger partial charge in [-0.1, -0.05) is 19.4 Å². The molecule has 1 aliphatic rings. The lowest BCUT2D eigenvalue weighted by atomic mass is 9.98. The number of sulfone groups is 1. The fourth-order valence-corrected chi connectivity index (χ4v) is 3.59. The van der Waals surface area contributed by atoms with Crippen LogP contribution in [0.4, 0.5) is 0 Å². The highest BCUT2D eigenvalue weighted by Gasteiger charge is 2.33. The topological polar surface area (TPSA) is 79.4 Å². The maximum Gasteiger partial charge on any atom is 0.270 e. The van der Waals surface area contributed by atoms with Gasteiger partial charge >= 0.3 is 0 Å². The normalized spacial score (nSPS) is 22.2. The summed E-state index contributed by atoms with van der Waals surface area (Å²) < 4.78 is 22.7. The third-order valence-electron chi connectivity index (χ3n) is 4.17. The van der Waals surface area contributed by atoms with E-state index < -0.39 is 9.84 Å². The number of pyridine rings is 1. The molecule has 0 saturated carbocycles. The highest BCUT2D eigenvalue weighted by molar-refractivity contribution is 7.90. The molecule has 1 saturated heterocycles. The molecule has 1 N–H and O–H groups in total. The molecule has 0 spiro atoms. The molecule has 23 heavy (non-hydrogen) atoms. The van der Waals surface area contributed by atoms with Gasteiger partial charge in [-0.05, 0) is 24.5 Å². The minimum absolute atomic E-state index is 0.0454. The van der Waals surface area contributed by atoms with Gasteiger partial charge in [0, 0.05) is 38.1 Å². The summed E-state index contributed by atoms with van der Waals surface area (Å²) in [5.74, 6) is 0.348. The first kappa shape index (κ1) is 17.9. The van der Waals surface area contributed by atoms with Crippen LogP contribution >= 0.6 is 0 Å². The Hall–Kier alpha value is -1.47. The van der Waals surface area contributed by atoms with Gasteiger partial charge in [-0.25, -0.2) is 8.42 Å². The zero-order chi connectivity index (χ0) is 16.9. The van der Waals surface area contributed by atoms with Crippen molar-refractivity contribution in [3.8, 4) is 0 Å². The fraction of sp³-hybridized carbons (Fsp3) is 0.625. The molecule has 0 aromatic carbocycles. The van der Waals surface area contributed by atoms with Crippen LogP contribution in [0.15, 0.2) is 24.4 Å². The van der Waals surface area contributed by atoms with Crippen molar-refractivity contribution in [2.45, 2.75) is 25.8 Å². The van der Waals surface area contributed by atoms with Gasteiger partial charge in [0.05, 0.1) is 5.75 Å². The second kappa shape index (κ2) is 7.88. The fourth-order valence-electron chi connectivity index (χ4n) is 3.00. The Morgan fingerprint density at radius 2 is 2.17 bits per heavy atom. The van der Waals surface area contributed by atoms with Crippen molar-refractivity contribution in [2.24, 2.45) is 5.92 Å². The average molecular weight is 339 g/mol. The van der Waals surface area contributed by atoms with Gasteiger partial charge in [-0.2, -0.15) is 0 Å². The number of carbonyl (C=O) groups excluding carboxylic acids is 1. The van der Waals surface area contributed by atoms with E-state index in [-0.39, 0.29) is 17.7 Å². The third-order valence-corrected chi connectivity index (χ3v) is 5.09. The Balaban J connectivity index is 1.97. The van der Waals surface area contributed by atoms with Gasteiger partial charge in [-0.3, -0.25) is 14.7 Å². The predicted molar refractivity (Wildman–Crippen MR) is 90.0 cm³/mol. The SMILES string of the molecule is CCC[C@H]1CN(CCS(C)(=O)=O)C[C@@H]1NC(=O)c1ccccn1. The molecule has 2 atom stereocenters. The van der Waals surface area contributed by atoms with E-state index in [4.69, 9.17) is 0 Å². The first-order valence-electron chi connectivity index (χ1n) is 8.01. The molecule has 0 unspecified atom stereocenters. The standard InChI is InChI=1S/C16H25N3O3S/c1-3-6-13-11-19(9-10-23(2,21)22)12-15(13)18-16(20)14-7-4-5-8-17-14/h4-5,7-8,13,15H,3,6,9-12H2,1-2H3,(H,18,20)/t13-,15-/m0/s1. The monoisotopic (exact) mass is 339 g/mol. The van der Waals surface area contributed by atoms with Crippen LogP contribution in [0.1, 0.15) is 30.3 Å². The summed E-state index contributed by atoms with van der Waals surface area (Å²) in [5, 5.41) is 3.06. The van der Waals surface area contributed by atoms with Crippen LogP contribution in [0.25, 0.3) is 0 Å². The van der Waals surface area contributed by atoms with Crippen LogP contribution < -0.4 is 5.32 Å². The lowest BCUT2D eigenvalue weighted by Gasteiger charge is -2.19. The lowest BCUT2D eigenvalue weighted by Crippen LogP contribution is -2.41. The predicted octanol–water partition coefficient (Wildman–Crippen LogP) is 0.957. The van der Waals surface area contributed by atoms with E-state index >= 15 is 0 Å². The number of rotatable bonds is 7. The van der Waals surface area contributed by atoms with Gasteiger partial charge in [0.25, 0.3) is 5.91 Å². The Bertz CT molecular complexity index is 619. The number of hydrogen-bond donors (Lipinski definition) is 1. The van der Waals surface area contributed by atoms with Crippen molar-refractivity contribution in [3.05, 3.63) is 30.1 Å². The van der Waals surface area contributed by atoms with Crippen LogP contribution in [0.3, 0.4) is 0 Å². The molecule has 128 valence electrons. The lowest BCUT2D eigenvalue weighted by molar-refractivity contribution is 0.0924. The third kappa shape index (κ3) is 5.58. The largest absolute Gasteiger partial charge is 0.346 e. The maximum absolute atomic E-state index is 12.3. The zero-order valence-corrected chi connectivity index (χ0v) is 14.6. The molecule has 0 bridgehead atoms. The second-order valence-corrected chi connectivity index (χ2v) is 8.49. The molecule has 1 aromatic rings. The Morgan fingerprint density at radius 3 is 2.78 bits per heavy atom. The van der Waals surface area contributed by atoms with Gasteiger partial charge in [-0.15, -0.1) is 0 Å². The quantitative estimate of drug-likeness (QED) is 0.800. The Morgan fingerprint density at radius 1 is 1.39 bits per heavy atom. The summed E-state index contributed by atoms with van der Waals surface area (Å²) in [6.07, 6.45) is 4.92. The molecule has 1 aliphatic heterocycles. The van der Waals surface area contributed by atoms with E-state index in [2.05, 4.69) is 22.1 Å². The van der Waals surface area contributed by atoms with E-state index in [1.54, 1.807) is 24.4 Å². The summed E-state index contributed by atoms with van der Waals surface area (Å²) >= 11 is 0. The van der Waals surface area contributed by atoms with E-state index in [9.17, 15) is 13.2 Å². The minimum atomic E-state index is -2.96. The van der Waals surface area contributed by atoms with Gasteiger partial charge in [0.2, 0.25) is 0 Å². The number of nitrogens with zero attached hydrogens (tertiary/aromatic N) is 2. The number of amides is 1. The van der Waals surface area contributed by atoms with Crippen molar-refractivity contribution in [1.29, 1.82) is 0 Å². The summed E-state index contributed by atoms with van der Waals surface area (Å²) in [7, 11) is -2.96. The first-order chi connectivity index (χ1) is 10.9. The molecule has 6 nitrogen and oxygen atoms in total.